The van der Waals surface area contributed by atoms with Crippen LogP contribution in [0.1, 0.15) is 31.9 Å². The van der Waals surface area contributed by atoms with Gasteiger partial charge in [0.25, 0.3) is 0 Å². The zero-order valence-corrected chi connectivity index (χ0v) is 24.8. The molecular weight excluding hydrogens is 536 g/mol. The fourth-order valence-electron chi connectivity index (χ4n) is 6.86. The Morgan fingerprint density at radius 2 is 1.20 bits per heavy atom. The summed E-state index contributed by atoms with van der Waals surface area (Å²) in [6, 6.07) is 42.2. The van der Waals surface area contributed by atoms with Gasteiger partial charge in [0.15, 0.2) is 0 Å². The molecule has 2 aromatic heterocycles. The molecule has 44 heavy (non-hydrogen) atoms. The number of hydrogen-bond donors (Lipinski definition) is 0. The zero-order chi connectivity index (χ0) is 30.2. The third-order valence-electron chi connectivity index (χ3n) is 8.92. The van der Waals surface area contributed by atoms with Gasteiger partial charge in [-0.2, -0.15) is 5.26 Å². The summed E-state index contributed by atoms with van der Waals surface area (Å²) in [7, 11) is 0. The van der Waals surface area contributed by atoms with Crippen LogP contribution in [0, 0.1) is 17.9 Å². The van der Waals surface area contributed by atoms with Gasteiger partial charge in [-0.25, -0.2) is 4.85 Å². The molecule has 0 aliphatic carbocycles. The highest BCUT2D eigenvalue weighted by Gasteiger charge is 2.26. The molecule has 4 nitrogen and oxygen atoms in total. The van der Waals surface area contributed by atoms with Gasteiger partial charge in [-0.1, -0.05) is 106 Å². The quantitative estimate of drug-likeness (QED) is 0.192. The minimum absolute atomic E-state index is 0.0380. The molecule has 2 heterocycles. The van der Waals surface area contributed by atoms with E-state index in [-0.39, 0.29) is 5.41 Å². The topological polar surface area (TPSA) is 38.0 Å². The molecule has 0 spiro atoms. The lowest BCUT2D eigenvalue weighted by molar-refractivity contribution is 0.591. The molecule has 0 saturated carbocycles. The van der Waals surface area contributed by atoms with Gasteiger partial charge in [-0.05, 0) is 52.1 Å². The smallest absolute Gasteiger partial charge is 0.212 e. The molecule has 0 unspecified atom stereocenters. The van der Waals surface area contributed by atoms with Gasteiger partial charge in [-0.3, -0.25) is 0 Å². The third kappa shape index (κ3) is 3.55. The van der Waals surface area contributed by atoms with Crippen molar-refractivity contribution in [1.82, 2.24) is 9.13 Å². The third-order valence-corrected chi connectivity index (χ3v) is 8.92. The maximum absolute atomic E-state index is 10.6. The van der Waals surface area contributed by atoms with Crippen LogP contribution in [0.4, 0.5) is 5.69 Å². The van der Waals surface area contributed by atoms with E-state index in [4.69, 9.17) is 6.57 Å². The van der Waals surface area contributed by atoms with Crippen molar-refractivity contribution in [2.45, 2.75) is 26.2 Å². The number of para-hydroxylation sites is 2. The maximum atomic E-state index is 10.6. The number of nitriles is 1. The highest BCUT2D eigenvalue weighted by Crippen LogP contribution is 2.45. The molecule has 4 heteroatoms. The predicted molar refractivity (Wildman–Crippen MR) is 182 cm³/mol. The SMILES string of the molecule is [C-]#[N+]c1ccc(C#N)c(-n2c3ccccc3c3ccccc32)c1-n1c2ccc(C(C)(C)C)cc2c2c3ccccc3ccc21. The summed E-state index contributed by atoms with van der Waals surface area (Å²) in [5, 5.41) is 17.4. The number of benzene rings is 6. The summed E-state index contributed by atoms with van der Waals surface area (Å²) in [5.74, 6) is 0. The van der Waals surface area contributed by atoms with Gasteiger partial charge < -0.3 is 9.13 Å². The average molecular weight is 565 g/mol. The Morgan fingerprint density at radius 1 is 0.614 bits per heavy atom. The normalized spacial score (nSPS) is 11.9. The van der Waals surface area contributed by atoms with Crippen molar-refractivity contribution in [3.63, 3.8) is 0 Å². The summed E-state index contributed by atoms with van der Waals surface area (Å²) in [5.41, 5.74) is 7.64. The van der Waals surface area contributed by atoms with Gasteiger partial charge in [0.05, 0.1) is 45.6 Å². The number of nitrogens with zero attached hydrogens (tertiary/aromatic N) is 4. The molecule has 0 atom stereocenters. The first-order valence-corrected chi connectivity index (χ1v) is 14.8. The maximum Gasteiger partial charge on any atom is 0.212 e. The fourth-order valence-corrected chi connectivity index (χ4v) is 6.86. The van der Waals surface area contributed by atoms with Gasteiger partial charge in [0, 0.05) is 21.5 Å². The Kier molecular flexibility index (Phi) is 5.48. The molecule has 0 aliphatic heterocycles. The molecule has 0 N–H and O–H groups in total. The Balaban J connectivity index is 1.63. The largest absolute Gasteiger partial charge is 0.317 e. The van der Waals surface area contributed by atoms with Crippen LogP contribution in [0.25, 0.3) is 70.6 Å². The fraction of sp³-hybridized carbons (Fsp3) is 0.100. The Morgan fingerprint density at radius 3 is 1.86 bits per heavy atom. The lowest BCUT2D eigenvalue weighted by atomic mass is 9.86. The van der Waals surface area contributed by atoms with Gasteiger partial charge in [0.2, 0.25) is 5.69 Å². The monoisotopic (exact) mass is 564 g/mol. The van der Waals surface area contributed by atoms with Crippen LogP contribution in [-0.2, 0) is 5.41 Å². The minimum Gasteiger partial charge on any atom is -0.317 e. The number of fused-ring (bicyclic) bond motifs is 8. The van der Waals surface area contributed by atoms with E-state index >= 15 is 0 Å². The van der Waals surface area contributed by atoms with Crippen molar-refractivity contribution >= 4 is 60.1 Å². The predicted octanol–water partition coefficient (Wildman–Crippen LogP) is 10.8. The van der Waals surface area contributed by atoms with Crippen LogP contribution >= 0.6 is 0 Å². The van der Waals surface area contributed by atoms with E-state index < -0.39 is 0 Å². The summed E-state index contributed by atoms with van der Waals surface area (Å²) in [6.45, 7) is 15.1. The van der Waals surface area contributed by atoms with E-state index in [0.717, 1.165) is 43.6 Å². The Labute approximate surface area is 255 Å². The van der Waals surface area contributed by atoms with Crippen LogP contribution in [-0.4, -0.2) is 9.13 Å². The average Bonchev–Trinajstić information content (AvgIpc) is 3.56. The minimum atomic E-state index is -0.0380. The van der Waals surface area contributed by atoms with E-state index in [2.05, 4.69) is 120 Å². The summed E-state index contributed by atoms with van der Waals surface area (Å²) in [6.07, 6.45) is 0. The van der Waals surface area contributed by atoms with Crippen molar-refractivity contribution in [2.24, 2.45) is 0 Å². The number of hydrogen-bond acceptors (Lipinski definition) is 1. The van der Waals surface area contributed by atoms with E-state index in [1.807, 2.05) is 24.3 Å². The van der Waals surface area contributed by atoms with Crippen LogP contribution < -0.4 is 0 Å². The summed E-state index contributed by atoms with van der Waals surface area (Å²) >= 11 is 0. The molecule has 0 fully saturated rings. The van der Waals surface area contributed by atoms with Crippen molar-refractivity contribution in [3.8, 4) is 17.4 Å². The molecule has 8 rings (SSSR count). The molecule has 8 aromatic rings. The molecule has 6 aromatic carbocycles. The Bertz CT molecular complexity index is 2500. The molecular formula is C40H28N4. The molecule has 208 valence electrons. The summed E-state index contributed by atoms with van der Waals surface area (Å²) < 4.78 is 4.39. The van der Waals surface area contributed by atoms with Gasteiger partial charge in [0.1, 0.15) is 6.07 Å². The van der Waals surface area contributed by atoms with Gasteiger partial charge >= 0.3 is 0 Å². The van der Waals surface area contributed by atoms with Crippen molar-refractivity contribution in [1.29, 1.82) is 5.26 Å². The van der Waals surface area contributed by atoms with E-state index in [1.165, 1.54) is 16.3 Å². The highest BCUT2D eigenvalue weighted by atomic mass is 15.1. The molecule has 0 radical (unpaired) electrons. The molecule has 0 bridgehead atoms. The standard InChI is InChI=1S/C40H28N4/c1-40(2,3)27-19-22-35-31(23-27)37-28-12-6-5-11-25(28)18-21-36(37)44(35)39-32(42-4)20-17-26(24-41)38(39)43-33-15-9-7-13-29(33)30-14-8-10-16-34(30)43/h5-23H,1-3H3. The Hall–Kier alpha value is -5.84. The lowest BCUT2D eigenvalue weighted by Gasteiger charge is -2.21. The summed E-state index contributed by atoms with van der Waals surface area (Å²) in [4.78, 5) is 4.07. The second kappa shape index (κ2) is 9.33. The van der Waals surface area contributed by atoms with E-state index in [1.54, 1.807) is 12.1 Å². The molecule has 0 amide bonds. The van der Waals surface area contributed by atoms with E-state index in [0.29, 0.717) is 22.6 Å². The second-order valence-electron chi connectivity index (χ2n) is 12.4. The van der Waals surface area contributed by atoms with Crippen molar-refractivity contribution in [3.05, 3.63) is 138 Å². The number of aromatic nitrogens is 2. The highest BCUT2D eigenvalue weighted by molar-refractivity contribution is 6.22. The first kappa shape index (κ1) is 25.8. The first-order chi connectivity index (χ1) is 21.4. The second-order valence-corrected chi connectivity index (χ2v) is 12.4. The van der Waals surface area contributed by atoms with Gasteiger partial charge in [-0.15, -0.1) is 0 Å². The van der Waals surface area contributed by atoms with Crippen LogP contribution in [0.2, 0.25) is 0 Å². The molecule has 0 saturated heterocycles. The lowest BCUT2D eigenvalue weighted by Crippen LogP contribution is -2.10. The molecule has 0 aliphatic rings. The van der Waals surface area contributed by atoms with Crippen LogP contribution in [0.15, 0.2) is 115 Å². The van der Waals surface area contributed by atoms with Crippen LogP contribution in [0.5, 0.6) is 0 Å². The zero-order valence-electron chi connectivity index (χ0n) is 24.8. The first-order valence-electron chi connectivity index (χ1n) is 14.8. The van der Waals surface area contributed by atoms with Crippen molar-refractivity contribution < 1.29 is 0 Å². The number of rotatable bonds is 2. The van der Waals surface area contributed by atoms with Crippen LogP contribution in [0.3, 0.4) is 0 Å². The van der Waals surface area contributed by atoms with Crippen molar-refractivity contribution in [2.75, 3.05) is 0 Å². The van der Waals surface area contributed by atoms with E-state index in [9.17, 15) is 5.26 Å².